The molecule has 1 aromatic heterocycles. The van der Waals surface area contributed by atoms with Crippen molar-refractivity contribution in [2.45, 2.75) is 6.54 Å². The van der Waals surface area contributed by atoms with Gasteiger partial charge in [0.1, 0.15) is 18.9 Å². The van der Waals surface area contributed by atoms with Crippen LogP contribution in [-0.4, -0.2) is 28.6 Å². The van der Waals surface area contributed by atoms with E-state index in [0.717, 1.165) is 10.2 Å². The monoisotopic (exact) mass is 401 g/mol. The van der Waals surface area contributed by atoms with E-state index >= 15 is 0 Å². The normalized spacial score (nSPS) is 10.6. The number of benzene rings is 2. The van der Waals surface area contributed by atoms with Gasteiger partial charge in [0.15, 0.2) is 0 Å². The minimum atomic E-state index is -0.306. The molecular weight excluding hydrogens is 386 g/mol. The number of carbonyl (C=O) groups is 1. The molecule has 1 amide bonds. The highest BCUT2D eigenvalue weighted by molar-refractivity contribution is 9.10. The predicted octanol–water partition coefficient (Wildman–Crippen LogP) is 2.35. The number of nitrogens with zero attached hydrogens (tertiary/aromatic N) is 2. The second-order valence-corrected chi connectivity index (χ2v) is 6.24. The van der Waals surface area contributed by atoms with Crippen LogP contribution >= 0.6 is 15.9 Å². The van der Waals surface area contributed by atoms with E-state index in [1.54, 1.807) is 12.1 Å². The molecule has 1 heterocycles. The fraction of sp³-hybridized carbons (Fsp3) is 0.167. The van der Waals surface area contributed by atoms with Crippen molar-refractivity contribution in [3.63, 3.8) is 0 Å². The number of hydrogen-bond donors (Lipinski definition) is 1. The summed E-state index contributed by atoms with van der Waals surface area (Å²) in [4.78, 5) is 28.2. The van der Waals surface area contributed by atoms with Crippen LogP contribution < -0.4 is 15.6 Å². The molecule has 0 unspecified atom stereocenters. The van der Waals surface area contributed by atoms with Crippen LogP contribution in [0.15, 0.2) is 64.0 Å². The van der Waals surface area contributed by atoms with Crippen LogP contribution in [0.5, 0.6) is 5.75 Å². The van der Waals surface area contributed by atoms with Gasteiger partial charge in [-0.1, -0.05) is 34.1 Å². The van der Waals surface area contributed by atoms with Gasteiger partial charge in [-0.05, 0) is 30.3 Å². The molecule has 0 aliphatic heterocycles. The predicted molar refractivity (Wildman–Crippen MR) is 98.6 cm³/mol. The van der Waals surface area contributed by atoms with Crippen LogP contribution in [-0.2, 0) is 11.3 Å². The Hall–Kier alpha value is -2.67. The third kappa shape index (κ3) is 4.45. The fourth-order valence-electron chi connectivity index (χ4n) is 2.39. The quantitative estimate of drug-likeness (QED) is 0.643. The first-order valence-corrected chi connectivity index (χ1v) is 8.52. The van der Waals surface area contributed by atoms with Crippen LogP contribution in [0.4, 0.5) is 0 Å². The molecule has 0 aliphatic carbocycles. The first-order chi connectivity index (χ1) is 12.1. The average Bonchev–Trinajstić information content (AvgIpc) is 2.61. The van der Waals surface area contributed by atoms with Crippen molar-refractivity contribution in [1.29, 1.82) is 0 Å². The number of fused-ring (bicyclic) bond motifs is 1. The highest BCUT2D eigenvalue weighted by Crippen LogP contribution is 2.17. The van der Waals surface area contributed by atoms with Gasteiger partial charge < -0.3 is 10.1 Å². The summed E-state index contributed by atoms with van der Waals surface area (Å²) in [5, 5.41) is 2.75. The number of nitrogens with one attached hydrogen (secondary N) is 1. The summed E-state index contributed by atoms with van der Waals surface area (Å²) in [6, 6.07) is 14.7. The van der Waals surface area contributed by atoms with E-state index < -0.39 is 0 Å². The van der Waals surface area contributed by atoms with Gasteiger partial charge in [-0.2, -0.15) is 0 Å². The summed E-state index contributed by atoms with van der Waals surface area (Å²) < 4.78 is 7.90. The molecule has 0 fully saturated rings. The van der Waals surface area contributed by atoms with Crippen molar-refractivity contribution in [1.82, 2.24) is 14.9 Å². The van der Waals surface area contributed by atoms with E-state index in [1.165, 1.54) is 10.8 Å². The molecule has 128 valence electrons. The Morgan fingerprint density at radius 2 is 2.04 bits per heavy atom. The summed E-state index contributed by atoms with van der Waals surface area (Å²) in [5.41, 5.74) is 1.00. The topological polar surface area (TPSA) is 73.2 Å². The maximum absolute atomic E-state index is 12.1. The molecule has 0 saturated heterocycles. The minimum absolute atomic E-state index is 0.0568. The minimum Gasteiger partial charge on any atom is -0.492 e. The number of rotatable bonds is 6. The van der Waals surface area contributed by atoms with Crippen molar-refractivity contribution in [2.24, 2.45) is 0 Å². The van der Waals surface area contributed by atoms with E-state index in [2.05, 4.69) is 26.2 Å². The van der Waals surface area contributed by atoms with Gasteiger partial charge >= 0.3 is 0 Å². The summed E-state index contributed by atoms with van der Waals surface area (Å²) in [6.45, 7) is 0.635. The van der Waals surface area contributed by atoms with Crippen molar-refractivity contribution >= 4 is 32.9 Å². The molecule has 0 atom stereocenters. The van der Waals surface area contributed by atoms with Crippen LogP contribution in [0.1, 0.15) is 0 Å². The zero-order valence-electron chi connectivity index (χ0n) is 13.3. The van der Waals surface area contributed by atoms with Crippen molar-refractivity contribution in [3.8, 4) is 5.75 Å². The maximum Gasteiger partial charge on any atom is 0.269 e. The van der Waals surface area contributed by atoms with E-state index in [-0.39, 0.29) is 18.0 Å². The van der Waals surface area contributed by atoms with E-state index in [1.807, 2.05) is 36.4 Å². The molecule has 3 aromatic rings. The smallest absolute Gasteiger partial charge is 0.269 e. The zero-order valence-corrected chi connectivity index (χ0v) is 14.9. The molecule has 0 bridgehead atoms. The van der Waals surface area contributed by atoms with E-state index in [9.17, 15) is 9.59 Å². The molecule has 2 aromatic carbocycles. The third-order valence-electron chi connectivity index (χ3n) is 3.54. The fourth-order valence-corrected chi connectivity index (χ4v) is 2.77. The molecule has 3 rings (SSSR count). The third-order valence-corrected chi connectivity index (χ3v) is 4.04. The van der Waals surface area contributed by atoms with Gasteiger partial charge in [0.25, 0.3) is 5.56 Å². The number of para-hydroxylation sites is 2. The summed E-state index contributed by atoms with van der Waals surface area (Å²) in [7, 11) is 0. The molecule has 0 spiro atoms. The second kappa shape index (κ2) is 7.94. The number of ether oxygens (including phenoxy) is 1. The number of carbonyl (C=O) groups excluding carboxylic acids is 1. The summed E-state index contributed by atoms with van der Waals surface area (Å²) in [5.74, 6) is 0.469. The number of hydrogen-bond acceptors (Lipinski definition) is 4. The lowest BCUT2D eigenvalue weighted by molar-refractivity contribution is -0.121. The standard InChI is InChI=1S/C18H16BrN3O3/c19-13-4-3-5-14(10-13)25-9-8-20-17(23)12-22-16-7-2-1-6-15(16)21-11-18(22)24/h1-7,10-11H,8-9,12H2,(H,20,23). The number of halogens is 1. The molecule has 0 saturated carbocycles. The van der Waals surface area contributed by atoms with Gasteiger partial charge in [0.2, 0.25) is 5.91 Å². The van der Waals surface area contributed by atoms with Crippen molar-refractivity contribution < 1.29 is 9.53 Å². The molecule has 0 aliphatic rings. The summed E-state index contributed by atoms with van der Waals surface area (Å²) >= 11 is 3.37. The zero-order chi connectivity index (χ0) is 17.6. The molecule has 0 radical (unpaired) electrons. The highest BCUT2D eigenvalue weighted by Gasteiger charge is 2.08. The Bertz CT molecular complexity index is 955. The average molecular weight is 402 g/mol. The molecule has 25 heavy (non-hydrogen) atoms. The largest absolute Gasteiger partial charge is 0.492 e. The SMILES string of the molecule is O=C(Cn1c(=O)cnc2ccccc21)NCCOc1cccc(Br)c1. The van der Waals surface area contributed by atoms with Crippen LogP contribution in [0.3, 0.4) is 0 Å². The Kier molecular flexibility index (Phi) is 5.45. The second-order valence-electron chi connectivity index (χ2n) is 5.33. The van der Waals surface area contributed by atoms with Gasteiger partial charge in [-0.25, -0.2) is 4.98 Å². The van der Waals surface area contributed by atoms with Gasteiger partial charge in [-0.3, -0.25) is 14.2 Å². The van der Waals surface area contributed by atoms with Gasteiger partial charge in [0.05, 0.1) is 23.8 Å². The summed E-state index contributed by atoms with van der Waals surface area (Å²) in [6.07, 6.45) is 1.23. The van der Waals surface area contributed by atoms with Crippen LogP contribution in [0, 0.1) is 0 Å². The lowest BCUT2D eigenvalue weighted by Gasteiger charge is -2.11. The van der Waals surface area contributed by atoms with Crippen LogP contribution in [0.25, 0.3) is 11.0 Å². The molecule has 6 nitrogen and oxygen atoms in total. The first-order valence-electron chi connectivity index (χ1n) is 7.73. The van der Waals surface area contributed by atoms with E-state index in [4.69, 9.17) is 4.74 Å². The Balaban J connectivity index is 1.56. The molecule has 7 heteroatoms. The molecular formula is C18H16BrN3O3. The first kappa shape index (κ1) is 17.2. The highest BCUT2D eigenvalue weighted by atomic mass is 79.9. The van der Waals surface area contributed by atoms with E-state index in [0.29, 0.717) is 24.2 Å². The molecule has 1 N–H and O–H groups in total. The lowest BCUT2D eigenvalue weighted by atomic mass is 10.3. The van der Waals surface area contributed by atoms with Gasteiger partial charge in [0, 0.05) is 4.47 Å². The number of aromatic nitrogens is 2. The Labute approximate surface area is 152 Å². The lowest BCUT2D eigenvalue weighted by Crippen LogP contribution is -2.34. The van der Waals surface area contributed by atoms with Gasteiger partial charge in [-0.15, -0.1) is 0 Å². The van der Waals surface area contributed by atoms with Crippen LogP contribution in [0.2, 0.25) is 0 Å². The van der Waals surface area contributed by atoms with Crippen molar-refractivity contribution in [3.05, 3.63) is 69.6 Å². The Morgan fingerprint density at radius 1 is 1.20 bits per heavy atom. The number of amides is 1. The maximum atomic E-state index is 12.1. The van der Waals surface area contributed by atoms with Crippen molar-refractivity contribution in [2.75, 3.05) is 13.2 Å². The Morgan fingerprint density at radius 3 is 2.88 bits per heavy atom.